The van der Waals surface area contributed by atoms with Crippen LogP contribution in [0.5, 0.6) is 0 Å². The molecule has 0 unspecified atom stereocenters. The minimum atomic E-state index is -0.642. The molecular weight excluding hydrogens is 150 g/mol. The van der Waals surface area contributed by atoms with Gasteiger partial charge in [-0.05, 0) is 26.7 Å². The fourth-order valence-corrected chi connectivity index (χ4v) is 1.02. The Bertz CT molecular complexity index is 214. The van der Waals surface area contributed by atoms with Gasteiger partial charge in [0.25, 0.3) is 0 Å². The first-order valence-corrected chi connectivity index (χ1v) is 4.16. The van der Waals surface area contributed by atoms with E-state index in [2.05, 4.69) is 6.07 Å². The monoisotopic (exact) mass is 167 g/mol. The molecule has 2 nitrogen and oxygen atoms in total. The summed E-state index contributed by atoms with van der Waals surface area (Å²) in [4.78, 5) is 0. The van der Waals surface area contributed by atoms with E-state index < -0.39 is 5.41 Å². The molecule has 0 spiro atoms. The lowest BCUT2D eigenvalue weighted by molar-refractivity contribution is 0.154. The maximum Gasteiger partial charge on any atom is 0.0838 e. The van der Waals surface area contributed by atoms with Crippen LogP contribution < -0.4 is 0 Å². The minimum Gasteiger partial charge on any atom is -0.395 e. The van der Waals surface area contributed by atoms with E-state index in [0.717, 1.165) is 5.57 Å². The number of nitrogens with zero attached hydrogens (tertiary/aromatic N) is 1. The van der Waals surface area contributed by atoms with Crippen molar-refractivity contribution in [2.75, 3.05) is 6.61 Å². The Balaban J connectivity index is 4.67. The van der Waals surface area contributed by atoms with E-state index in [4.69, 9.17) is 10.4 Å². The van der Waals surface area contributed by atoms with Gasteiger partial charge in [0, 0.05) is 0 Å². The van der Waals surface area contributed by atoms with Gasteiger partial charge in [0.1, 0.15) is 0 Å². The van der Waals surface area contributed by atoms with Crippen molar-refractivity contribution in [3.05, 3.63) is 11.6 Å². The molecule has 0 saturated heterocycles. The molecule has 0 aromatic carbocycles. The summed E-state index contributed by atoms with van der Waals surface area (Å²) in [6.45, 7) is 7.59. The molecule has 0 aliphatic carbocycles. The maximum atomic E-state index is 9.05. The van der Waals surface area contributed by atoms with Crippen LogP contribution in [0.25, 0.3) is 0 Å². The van der Waals surface area contributed by atoms with Crippen LogP contribution in [0, 0.1) is 22.7 Å². The fourth-order valence-electron chi connectivity index (χ4n) is 1.02. The van der Waals surface area contributed by atoms with Crippen molar-refractivity contribution in [2.24, 2.45) is 11.3 Å². The minimum absolute atomic E-state index is 0.0875. The Kier molecular flexibility index (Phi) is 3.99. The third-order valence-electron chi connectivity index (χ3n) is 2.68. The quantitative estimate of drug-likeness (QED) is 0.654. The number of aliphatic hydroxyl groups is 1. The molecular formula is C10H17NO. The molecule has 0 radical (unpaired) electrons. The van der Waals surface area contributed by atoms with Crippen molar-refractivity contribution in [3.8, 4) is 6.07 Å². The number of allylic oxidation sites excluding steroid dienone is 2. The van der Waals surface area contributed by atoms with Gasteiger partial charge in [0.15, 0.2) is 0 Å². The molecule has 0 aromatic rings. The molecule has 0 bridgehead atoms. The standard InChI is InChI=1S/C10H17NO/c1-5-8(2)9(3)10(4,6-11)7-12/h5,9,12H,7H2,1-4H3/b8-5-/t9-,10-/m1/s1. The van der Waals surface area contributed by atoms with E-state index in [1.165, 1.54) is 0 Å². The van der Waals surface area contributed by atoms with Gasteiger partial charge in [-0.1, -0.05) is 18.6 Å². The Labute approximate surface area is 74.5 Å². The van der Waals surface area contributed by atoms with E-state index in [-0.39, 0.29) is 12.5 Å². The highest BCUT2D eigenvalue weighted by atomic mass is 16.3. The number of aliphatic hydroxyl groups excluding tert-OH is 1. The molecule has 12 heavy (non-hydrogen) atoms. The third-order valence-corrected chi connectivity index (χ3v) is 2.68. The second kappa shape index (κ2) is 4.27. The van der Waals surface area contributed by atoms with Gasteiger partial charge in [-0.15, -0.1) is 0 Å². The molecule has 0 rings (SSSR count). The molecule has 0 heterocycles. The van der Waals surface area contributed by atoms with Crippen LogP contribution in [0.3, 0.4) is 0 Å². The zero-order valence-electron chi connectivity index (χ0n) is 8.26. The third kappa shape index (κ3) is 2.09. The molecule has 0 aliphatic heterocycles. The highest BCUT2D eigenvalue weighted by Crippen LogP contribution is 2.31. The second-order valence-electron chi connectivity index (χ2n) is 3.44. The molecule has 1 N–H and O–H groups in total. The fraction of sp³-hybridized carbons (Fsp3) is 0.700. The summed E-state index contributed by atoms with van der Waals surface area (Å²) in [5.74, 6) is 0.109. The largest absolute Gasteiger partial charge is 0.395 e. The normalized spacial score (nSPS) is 19.5. The number of rotatable bonds is 3. The van der Waals surface area contributed by atoms with Crippen LogP contribution in [-0.2, 0) is 0 Å². The first-order chi connectivity index (χ1) is 5.51. The summed E-state index contributed by atoms with van der Waals surface area (Å²) in [5.41, 5.74) is 0.504. The van der Waals surface area contributed by atoms with Crippen molar-refractivity contribution in [2.45, 2.75) is 27.7 Å². The molecule has 2 atom stereocenters. The average molecular weight is 167 g/mol. The zero-order chi connectivity index (χ0) is 9.78. The SMILES string of the molecule is C/C=C(/C)[C@@H](C)[C@](C)(C#N)CO. The Morgan fingerprint density at radius 1 is 1.75 bits per heavy atom. The molecule has 2 heteroatoms. The van der Waals surface area contributed by atoms with Crippen LogP contribution in [0.1, 0.15) is 27.7 Å². The summed E-state index contributed by atoms with van der Waals surface area (Å²) < 4.78 is 0. The van der Waals surface area contributed by atoms with Crippen LogP contribution in [-0.4, -0.2) is 11.7 Å². The molecule has 0 amide bonds. The Morgan fingerprint density at radius 2 is 2.25 bits per heavy atom. The molecule has 0 aliphatic rings. The first-order valence-electron chi connectivity index (χ1n) is 4.16. The van der Waals surface area contributed by atoms with E-state index in [0.29, 0.717) is 0 Å². The molecule has 0 aromatic heterocycles. The summed E-state index contributed by atoms with van der Waals surface area (Å²) >= 11 is 0. The van der Waals surface area contributed by atoms with Gasteiger partial charge >= 0.3 is 0 Å². The van der Waals surface area contributed by atoms with Crippen LogP contribution >= 0.6 is 0 Å². The lowest BCUT2D eigenvalue weighted by Gasteiger charge is -2.27. The van der Waals surface area contributed by atoms with Crippen molar-refractivity contribution >= 4 is 0 Å². The predicted molar refractivity (Wildman–Crippen MR) is 49.4 cm³/mol. The van der Waals surface area contributed by atoms with E-state index in [1.807, 2.05) is 26.8 Å². The number of nitriles is 1. The number of hydrogen-bond acceptors (Lipinski definition) is 2. The summed E-state index contributed by atoms with van der Waals surface area (Å²) in [7, 11) is 0. The second-order valence-corrected chi connectivity index (χ2v) is 3.44. The number of hydrogen-bond donors (Lipinski definition) is 1. The summed E-state index contributed by atoms with van der Waals surface area (Å²) in [6, 6.07) is 2.15. The van der Waals surface area contributed by atoms with Crippen LogP contribution in [0.15, 0.2) is 11.6 Å². The lowest BCUT2D eigenvalue weighted by atomic mass is 9.76. The average Bonchev–Trinajstić information content (AvgIpc) is 2.14. The Morgan fingerprint density at radius 3 is 2.50 bits per heavy atom. The molecule has 68 valence electrons. The van der Waals surface area contributed by atoms with E-state index in [1.54, 1.807) is 6.92 Å². The zero-order valence-corrected chi connectivity index (χ0v) is 8.26. The van der Waals surface area contributed by atoms with Crippen molar-refractivity contribution in [3.63, 3.8) is 0 Å². The highest BCUT2D eigenvalue weighted by molar-refractivity contribution is 5.12. The van der Waals surface area contributed by atoms with Gasteiger partial charge in [0.2, 0.25) is 0 Å². The lowest BCUT2D eigenvalue weighted by Crippen LogP contribution is -2.28. The molecule has 0 fully saturated rings. The van der Waals surface area contributed by atoms with Crippen molar-refractivity contribution in [1.82, 2.24) is 0 Å². The maximum absolute atomic E-state index is 9.05. The topological polar surface area (TPSA) is 44.0 Å². The van der Waals surface area contributed by atoms with Crippen molar-refractivity contribution in [1.29, 1.82) is 5.26 Å². The van der Waals surface area contributed by atoms with Crippen LogP contribution in [0.2, 0.25) is 0 Å². The summed E-state index contributed by atoms with van der Waals surface area (Å²) in [5, 5.41) is 17.9. The van der Waals surface area contributed by atoms with Gasteiger partial charge in [-0.25, -0.2) is 0 Å². The predicted octanol–water partition coefficient (Wildman–Crippen LogP) is 2.11. The van der Waals surface area contributed by atoms with Gasteiger partial charge in [-0.3, -0.25) is 0 Å². The smallest absolute Gasteiger partial charge is 0.0838 e. The van der Waals surface area contributed by atoms with Crippen molar-refractivity contribution < 1.29 is 5.11 Å². The van der Waals surface area contributed by atoms with Gasteiger partial charge in [-0.2, -0.15) is 5.26 Å². The summed E-state index contributed by atoms with van der Waals surface area (Å²) in [6.07, 6.45) is 1.98. The molecule has 0 saturated carbocycles. The Hall–Kier alpha value is -0.810. The van der Waals surface area contributed by atoms with E-state index >= 15 is 0 Å². The van der Waals surface area contributed by atoms with Crippen LogP contribution in [0.4, 0.5) is 0 Å². The van der Waals surface area contributed by atoms with Gasteiger partial charge < -0.3 is 5.11 Å². The highest BCUT2D eigenvalue weighted by Gasteiger charge is 2.31. The van der Waals surface area contributed by atoms with Gasteiger partial charge in [0.05, 0.1) is 18.1 Å². The van der Waals surface area contributed by atoms with E-state index in [9.17, 15) is 0 Å². The first kappa shape index (κ1) is 11.2.